The van der Waals surface area contributed by atoms with Gasteiger partial charge in [0.25, 0.3) is 0 Å². The molecule has 0 aromatic rings. The molecular formula is C4H5Cl3. The molecule has 0 nitrogen and oxygen atoms in total. The Hall–Kier alpha value is 0.610. The van der Waals surface area contributed by atoms with Gasteiger partial charge in [-0.15, -0.1) is 11.6 Å². The lowest BCUT2D eigenvalue weighted by Gasteiger charge is -1.93. The monoisotopic (exact) mass is 158 g/mol. The minimum Gasteiger partial charge on any atom is -0.117 e. The molecule has 0 radical (unpaired) electrons. The Balaban J connectivity index is 3.56. The van der Waals surface area contributed by atoms with E-state index in [1.807, 2.05) is 0 Å². The molecule has 3 heteroatoms. The molecule has 0 aliphatic rings. The standard InChI is InChI=1S/C4H5Cl3/c1-3(6)4(7)2-5/h2-3H,1H3/b4-2-. The zero-order valence-corrected chi connectivity index (χ0v) is 6.06. The predicted molar refractivity (Wildman–Crippen MR) is 35.1 cm³/mol. The molecule has 0 heterocycles. The summed E-state index contributed by atoms with van der Waals surface area (Å²) in [5, 5.41) is 0.308. The van der Waals surface area contributed by atoms with Crippen LogP contribution in [-0.2, 0) is 0 Å². The Labute approximate surface area is 58.1 Å². The lowest BCUT2D eigenvalue weighted by Crippen LogP contribution is -1.86. The fourth-order valence-electron chi connectivity index (χ4n) is 0.0868. The second-order valence-electron chi connectivity index (χ2n) is 1.11. The Kier molecular flexibility index (Phi) is 3.91. The largest absolute Gasteiger partial charge is 0.117 e. The van der Waals surface area contributed by atoms with Gasteiger partial charge in [-0.3, -0.25) is 0 Å². The number of hydrogen-bond donors (Lipinski definition) is 0. The summed E-state index contributed by atoms with van der Waals surface area (Å²) in [6, 6.07) is 0. The topological polar surface area (TPSA) is 0 Å². The maximum atomic E-state index is 5.44. The van der Waals surface area contributed by atoms with E-state index in [1.54, 1.807) is 6.92 Å². The van der Waals surface area contributed by atoms with Crippen LogP contribution in [-0.4, -0.2) is 5.38 Å². The fraction of sp³-hybridized carbons (Fsp3) is 0.500. The first-order valence-corrected chi connectivity index (χ1v) is 3.03. The van der Waals surface area contributed by atoms with Crippen LogP contribution in [0.4, 0.5) is 0 Å². The van der Waals surface area contributed by atoms with Crippen molar-refractivity contribution in [3.63, 3.8) is 0 Å². The molecule has 0 amide bonds. The van der Waals surface area contributed by atoms with E-state index < -0.39 is 0 Å². The summed E-state index contributed by atoms with van der Waals surface area (Å²) >= 11 is 16.0. The summed E-state index contributed by atoms with van der Waals surface area (Å²) in [5.74, 6) is 0. The zero-order valence-electron chi connectivity index (χ0n) is 3.79. The number of alkyl halides is 1. The first-order valence-electron chi connectivity index (χ1n) is 1.78. The van der Waals surface area contributed by atoms with Crippen molar-refractivity contribution in [1.29, 1.82) is 0 Å². The summed E-state index contributed by atoms with van der Waals surface area (Å²) in [6.07, 6.45) is 0. The van der Waals surface area contributed by atoms with Crippen molar-refractivity contribution in [2.24, 2.45) is 0 Å². The molecule has 42 valence electrons. The van der Waals surface area contributed by atoms with Gasteiger partial charge >= 0.3 is 0 Å². The van der Waals surface area contributed by atoms with Crippen LogP contribution in [0.25, 0.3) is 0 Å². The minimum absolute atomic E-state index is 0.167. The highest BCUT2D eigenvalue weighted by Crippen LogP contribution is 2.13. The van der Waals surface area contributed by atoms with Crippen molar-refractivity contribution in [2.75, 3.05) is 0 Å². The lowest BCUT2D eigenvalue weighted by atomic mass is 10.5. The third-order valence-corrected chi connectivity index (χ3v) is 1.61. The second kappa shape index (κ2) is 3.59. The van der Waals surface area contributed by atoms with E-state index in [9.17, 15) is 0 Å². The predicted octanol–water partition coefficient (Wildman–Crippen LogP) is 2.93. The Bertz CT molecular complexity index is 75.0. The summed E-state index contributed by atoms with van der Waals surface area (Å²) < 4.78 is 0. The molecule has 0 aromatic carbocycles. The van der Waals surface area contributed by atoms with Crippen LogP contribution in [0.3, 0.4) is 0 Å². The Morgan fingerprint density at radius 3 is 2.14 bits per heavy atom. The van der Waals surface area contributed by atoms with Crippen molar-refractivity contribution in [1.82, 2.24) is 0 Å². The van der Waals surface area contributed by atoms with Crippen molar-refractivity contribution < 1.29 is 0 Å². The van der Waals surface area contributed by atoms with Crippen LogP contribution in [0.2, 0.25) is 0 Å². The summed E-state index contributed by atoms with van der Waals surface area (Å²) in [5.41, 5.74) is 1.26. The van der Waals surface area contributed by atoms with E-state index in [0.717, 1.165) is 0 Å². The van der Waals surface area contributed by atoms with Gasteiger partial charge < -0.3 is 0 Å². The van der Waals surface area contributed by atoms with Crippen LogP contribution in [0, 0.1) is 0 Å². The molecular weight excluding hydrogens is 154 g/mol. The van der Waals surface area contributed by atoms with Crippen molar-refractivity contribution in [3.8, 4) is 0 Å². The summed E-state index contributed by atoms with van der Waals surface area (Å²) in [7, 11) is 0. The normalized spacial score (nSPS) is 16.9. The van der Waals surface area contributed by atoms with E-state index in [4.69, 9.17) is 34.8 Å². The molecule has 1 atom stereocenters. The maximum Gasteiger partial charge on any atom is 0.0673 e. The molecule has 0 spiro atoms. The number of halogens is 3. The first-order chi connectivity index (χ1) is 3.18. The molecule has 0 N–H and O–H groups in total. The SMILES string of the molecule is CC(Cl)/C(Cl)=C/Cl. The molecule has 7 heavy (non-hydrogen) atoms. The highest BCUT2D eigenvalue weighted by Gasteiger charge is 1.97. The second-order valence-corrected chi connectivity index (χ2v) is 2.42. The van der Waals surface area contributed by atoms with Gasteiger partial charge in [0.2, 0.25) is 0 Å². The molecule has 0 saturated heterocycles. The van der Waals surface area contributed by atoms with Crippen LogP contribution < -0.4 is 0 Å². The summed E-state index contributed by atoms with van der Waals surface area (Å²) in [4.78, 5) is 0. The van der Waals surface area contributed by atoms with Crippen molar-refractivity contribution in [3.05, 3.63) is 10.6 Å². The Morgan fingerprint density at radius 2 is 2.14 bits per heavy atom. The van der Waals surface area contributed by atoms with Gasteiger partial charge in [-0.2, -0.15) is 0 Å². The highest BCUT2D eigenvalue weighted by atomic mass is 35.5. The first kappa shape index (κ1) is 7.61. The van der Waals surface area contributed by atoms with Crippen molar-refractivity contribution >= 4 is 34.8 Å². The molecule has 0 fully saturated rings. The van der Waals surface area contributed by atoms with Gasteiger partial charge in [-0.1, -0.05) is 23.2 Å². The van der Waals surface area contributed by atoms with Crippen LogP contribution >= 0.6 is 34.8 Å². The molecule has 0 saturated carbocycles. The lowest BCUT2D eigenvalue weighted by molar-refractivity contribution is 1.21. The maximum absolute atomic E-state index is 5.44. The van der Waals surface area contributed by atoms with Crippen molar-refractivity contribution in [2.45, 2.75) is 12.3 Å². The van der Waals surface area contributed by atoms with Gasteiger partial charge in [0.1, 0.15) is 0 Å². The fourth-order valence-corrected chi connectivity index (χ4v) is 0.403. The van der Waals surface area contributed by atoms with Gasteiger partial charge in [-0.25, -0.2) is 0 Å². The number of hydrogen-bond acceptors (Lipinski definition) is 0. The molecule has 0 aliphatic carbocycles. The quantitative estimate of drug-likeness (QED) is 0.516. The highest BCUT2D eigenvalue weighted by molar-refractivity contribution is 6.41. The average Bonchev–Trinajstić information content (AvgIpc) is 1.65. The number of allylic oxidation sites excluding steroid dienone is 1. The minimum atomic E-state index is -0.167. The molecule has 0 bridgehead atoms. The Morgan fingerprint density at radius 1 is 1.71 bits per heavy atom. The van der Waals surface area contributed by atoms with E-state index in [2.05, 4.69) is 0 Å². The van der Waals surface area contributed by atoms with E-state index in [0.29, 0.717) is 5.03 Å². The molecule has 0 aliphatic heterocycles. The van der Waals surface area contributed by atoms with E-state index >= 15 is 0 Å². The van der Waals surface area contributed by atoms with Crippen LogP contribution in [0.1, 0.15) is 6.92 Å². The average molecular weight is 159 g/mol. The third kappa shape index (κ3) is 3.22. The van der Waals surface area contributed by atoms with E-state index in [1.165, 1.54) is 5.54 Å². The third-order valence-electron chi connectivity index (χ3n) is 0.484. The zero-order chi connectivity index (χ0) is 5.86. The van der Waals surface area contributed by atoms with Gasteiger partial charge in [-0.05, 0) is 6.92 Å². The smallest absolute Gasteiger partial charge is 0.0673 e. The van der Waals surface area contributed by atoms with Crippen LogP contribution in [0.5, 0.6) is 0 Å². The van der Waals surface area contributed by atoms with Crippen LogP contribution in [0.15, 0.2) is 10.6 Å². The van der Waals surface area contributed by atoms with E-state index in [-0.39, 0.29) is 5.38 Å². The molecule has 0 rings (SSSR count). The van der Waals surface area contributed by atoms with Gasteiger partial charge in [0.15, 0.2) is 0 Å². The number of rotatable bonds is 1. The molecule has 0 aromatic heterocycles. The van der Waals surface area contributed by atoms with Gasteiger partial charge in [0, 0.05) is 10.6 Å². The van der Waals surface area contributed by atoms with Gasteiger partial charge in [0.05, 0.1) is 5.38 Å². The molecule has 1 unspecified atom stereocenters. The summed E-state index contributed by atoms with van der Waals surface area (Å²) in [6.45, 7) is 1.75.